The van der Waals surface area contributed by atoms with Crippen LogP contribution in [-0.4, -0.2) is 24.1 Å². The normalized spacial score (nSPS) is 23.8. The van der Waals surface area contributed by atoms with Crippen LogP contribution in [-0.2, 0) is 13.0 Å². The van der Waals surface area contributed by atoms with Gasteiger partial charge in [0.15, 0.2) is 0 Å². The van der Waals surface area contributed by atoms with Crippen molar-refractivity contribution < 1.29 is 4.74 Å². The Morgan fingerprint density at radius 2 is 2.38 bits per heavy atom. The van der Waals surface area contributed by atoms with E-state index in [1.165, 1.54) is 28.6 Å². The zero-order valence-corrected chi connectivity index (χ0v) is 11.1. The highest BCUT2D eigenvalue weighted by Crippen LogP contribution is 2.35. The van der Waals surface area contributed by atoms with Crippen LogP contribution in [0.15, 0.2) is 16.6 Å². The molecule has 0 aliphatic carbocycles. The third-order valence-electron chi connectivity index (χ3n) is 3.66. The Hall–Kier alpha value is -0.540. The maximum Gasteiger partial charge on any atom is 0.127 e. The van der Waals surface area contributed by atoms with Crippen LogP contribution in [0.4, 0.5) is 0 Å². The number of fused-ring (bicyclic) bond motifs is 1. The molecule has 0 radical (unpaired) electrons. The molecule has 2 heterocycles. The molecule has 3 rings (SSSR count). The number of likely N-dealkylation sites (tertiary alicyclic amines) is 1. The van der Waals surface area contributed by atoms with Gasteiger partial charge in [0.25, 0.3) is 0 Å². The molecule has 2 aliphatic rings. The van der Waals surface area contributed by atoms with Crippen LogP contribution >= 0.6 is 15.9 Å². The smallest absolute Gasteiger partial charge is 0.127 e. The van der Waals surface area contributed by atoms with Gasteiger partial charge in [-0.2, -0.15) is 0 Å². The molecule has 3 heteroatoms. The van der Waals surface area contributed by atoms with Gasteiger partial charge in [0.05, 0.1) is 6.61 Å². The zero-order chi connectivity index (χ0) is 11.1. The highest BCUT2D eigenvalue weighted by molar-refractivity contribution is 9.10. The summed E-state index contributed by atoms with van der Waals surface area (Å²) in [5, 5.41) is 0. The van der Waals surface area contributed by atoms with Crippen LogP contribution < -0.4 is 4.74 Å². The van der Waals surface area contributed by atoms with Crippen LogP contribution in [0.25, 0.3) is 0 Å². The number of benzene rings is 1. The quantitative estimate of drug-likeness (QED) is 0.827. The van der Waals surface area contributed by atoms with Gasteiger partial charge in [-0.05, 0) is 31.0 Å². The molecule has 1 saturated heterocycles. The largest absolute Gasteiger partial charge is 0.493 e. The van der Waals surface area contributed by atoms with Gasteiger partial charge in [-0.25, -0.2) is 0 Å². The highest BCUT2D eigenvalue weighted by Gasteiger charge is 2.26. The van der Waals surface area contributed by atoms with E-state index in [0.717, 1.165) is 31.4 Å². The van der Waals surface area contributed by atoms with Gasteiger partial charge < -0.3 is 4.74 Å². The first kappa shape index (κ1) is 10.6. The van der Waals surface area contributed by atoms with Crippen molar-refractivity contribution in [1.82, 2.24) is 4.90 Å². The first-order chi connectivity index (χ1) is 7.74. The van der Waals surface area contributed by atoms with Crippen LogP contribution in [0, 0.1) is 0 Å². The van der Waals surface area contributed by atoms with E-state index in [2.05, 4.69) is 39.9 Å². The average molecular weight is 282 g/mol. The number of hydrogen-bond donors (Lipinski definition) is 0. The van der Waals surface area contributed by atoms with Gasteiger partial charge in [0.2, 0.25) is 0 Å². The predicted octanol–water partition coefficient (Wildman–Crippen LogP) is 2.98. The lowest BCUT2D eigenvalue weighted by Crippen LogP contribution is -2.44. The van der Waals surface area contributed by atoms with Crippen molar-refractivity contribution >= 4 is 15.9 Å². The summed E-state index contributed by atoms with van der Waals surface area (Å²) < 4.78 is 6.92. The molecular weight excluding hydrogens is 266 g/mol. The van der Waals surface area contributed by atoms with Gasteiger partial charge in [-0.1, -0.05) is 15.9 Å². The molecule has 2 aliphatic heterocycles. The Morgan fingerprint density at radius 3 is 3.06 bits per heavy atom. The topological polar surface area (TPSA) is 12.5 Å². The van der Waals surface area contributed by atoms with E-state index in [9.17, 15) is 0 Å². The molecule has 1 aromatic carbocycles. The molecule has 0 spiro atoms. The van der Waals surface area contributed by atoms with Crippen molar-refractivity contribution in [2.45, 2.75) is 32.4 Å². The van der Waals surface area contributed by atoms with Gasteiger partial charge in [-0.15, -0.1) is 0 Å². The summed E-state index contributed by atoms with van der Waals surface area (Å²) >= 11 is 3.59. The number of ether oxygens (including phenoxy) is 1. The third kappa shape index (κ3) is 1.76. The van der Waals surface area contributed by atoms with Gasteiger partial charge >= 0.3 is 0 Å². The van der Waals surface area contributed by atoms with Gasteiger partial charge in [-0.3, -0.25) is 4.90 Å². The summed E-state index contributed by atoms with van der Waals surface area (Å²) in [4.78, 5) is 2.50. The second kappa shape index (κ2) is 4.04. The first-order valence-corrected chi connectivity index (χ1v) is 6.71. The summed E-state index contributed by atoms with van der Waals surface area (Å²) in [5.41, 5.74) is 2.70. The first-order valence-electron chi connectivity index (χ1n) is 5.92. The Kier molecular flexibility index (Phi) is 2.68. The Morgan fingerprint density at radius 1 is 1.50 bits per heavy atom. The Labute approximate surface area is 105 Å². The highest BCUT2D eigenvalue weighted by atomic mass is 79.9. The van der Waals surface area contributed by atoms with Crippen molar-refractivity contribution in [1.29, 1.82) is 0 Å². The van der Waals surface area contributed by atoms with E-state index in [-0.39, 0.29) is 0 Å². The van der Waals surface area contributed by atoms with Gasteiger partial charge in [0.1, 0.15) is 5.75 Å². The van der Waals surface area contributed by atoms with Crippen molar-refractivity contribution in [3.8, 4) is 5.75 Å². The van der Waals surface area contributed by atoms with E-state index < -0.39 is 0 Å². The molecule has 0 amide bonds. The molecule has 2 nitrogen and oxygen atoms in total. The molecule has 16 heavy (non-hydrogen) atoms. The van der Waals surface area contributed by atoms with Crippen molar-refractivity contribution in [3.63, 3.8) is 0 Å². The predicted molar refractivity (Wildman–Crippen MR) is 67.8 cm³/mol. The third-order valence-corrected chi connectivity index (χ3v) is 4.11. The minimum absolute atomic E-state index is 0.732. The lowest BCUT2D eigenvalue weighted by Gasteiger charge is -2.38. The monoisotopic (exact) mass is 281 g/mol. The van der Waals surface area contributed by atoms with E-state index in [1.807, 2.05) is 0 Å². The van der Waals surface area contributed by atoms with Crippen molar-refractivity contribution in [2.75, 3.05) is 13.2 Å². The minimum atomic E-state index is 0.732. The molecule has 0 N–H and O–H groups in total. The fraction of sp³-hybridized carbons (Fsp3) is 0.538. The molecule has 86 valence electrons. The molecule has 1 atom stereocenters. The van der Waals surface area contributed by atoms with Crippen LogP contribution in [0.1, 0.15) is 24.5 Å². The van der Waals surface area contributed by atoms with E-state index in [1.54, 1.807) is 0 Å². The molecule has 0 bridgehead atoms. The fourth-order valence-corrected chi connectivity index (χ4v) is 3.04. The molecular formula is C13H16BrNO. The number of hydrogen-bond acceptors (Lipinski definition) is 2. The molecule has 0 aromatic heterocycles. The molecule has 1 aromatic rings. The second-order valence-electron chi connectivity index (χ2n) is 4.76. The maximum absolute atomic E-state index is 5.74. The molecule has 0 saturated carbocycles. The fourth-order valence-electron chi connectivity index (χ4n) is 2.49. The van der Waals surface area contributed by atoms with Gasteiger partial charge in [0, 0.05) is 35.6 Å². The average Bonchev–Trinajstić information content (AvgIpc) is 2.71. The molecule has 1 unspecified atom stereocenters. The number of rotatable bonds is 2. The number of halogens is 1. The minimum Gasteiger partial charge on any atom is -0.493 e. The van der Waals surface area contributed by atoms with Crippen LogP contribution in [0.3, 0.4) is 0 Å². The zero-order valence-electron chi connectivity index (χ0n) is 9.50. The Bertz CT molecular complexity index is 419. The van der Waals surface area contributed by atoms with Crippen molar-refractivity contribution in [2.24, 2.45) is 0 Å². The maximum atomic E-state index is 5.74. The van der Waals surface area contributed by atoms with E-state index >= 15 is 0 Å². The van der Waals surface area contributed by atoms with Crippen LogP contribution in [0.5, 0.6) is 5.75 Å². The van der Waals surface area contributed by atoms with Crippen molar-refractivity contribution in [3.05, 3.63) is 27.7 Å². The SMILES string of the molecule is CC1CCN1Cc1cc(Br)cc2c1OCC2. The van der Waals surface area contributed by atoms with E-state index in [0.29, 0.717) is 0 Å². The molecule has 1 fully saturated rings. The second-order valence-corrected chi connectivity index (χ2v) is 5.68. The summed E-state index contributed by atoms with van der Waals surface area (Å²) in [6.07, 6.45) is 2.38. The van der Waals surface area contributed by atoms with Crippen LogP contribution in [0.2, 0.25) is 0 Å². The standard InChI is InChI=1S/C13H16BrNO/c1-9-2-4-15(9)8-11-7-12(14)6-10-3-5-16-13(10)11/h6-7,9H,2-5,8H2,1H3. The summed E-state index contributed by atoms with van der Waals surface area (Å²) in [5.74, 6) is 1.14. The summed E-state index contributed by atoms with van der Waals surface area (Å²) in [6, 6.07) is 5.12. The lowest BCUT2D eigenvalue weighted by atomic mass is 10.0. The summed E-state index contributed by atoms with van der Waals surface area (Å²) in [7, 11) is 0. The summed E-state index contributed by atoms with van der Waals surface area (Å²) in [6.45, 7) is 5.39. The number of nitrogens with zero attached hydrogens (tertiary/aromatic N) is 1. The lowest BCUT2D eigenvalue weighted by molar-refractivity contribution is 0.0948. The van der Waals surface area contributed by atoms with E-state index in [4.69, 9.17) is 4.74 Å². The Balaban J connectivity index is 1.88.